The second-order valence-electron chi connectivity index (χ2n) is 4.11. The van der Waals surface area contributed by atoms with Crippen LogP contribution in [0.15, 0.2) is 0 Å². The van der Waals surface area contributed by atoms with Crippen molar-refractivity contribution in [1.82, 2.24) is 4.90 Å². The molecule has 3 unspecified atom stereocenters. The number of alkyl halides is 1. The number of hydrogen-bond donors (Lipinski definition) is 0. The van der Waals surface area contributed by atoms with Crippen molar-refractivity contribution in [3.8, 4) is 0 Å². The average Bonchev–Trinajstić information content (AvgIpc) is 2.58. The van der Waals surface area contributed by atoms with E-state index in [9.17, 15) is 4.79 Å². The number of nitrogens with zero attached hydrogens (tertiary/aromatic N) is 1. The van der Waals surface area contributed by atoms with E-state index in [-0.39, 0.29) is 12.0 Å². The van der Waals surface area contributed by atoms with E-state index in [1.807, 2.05) is 4.90 Å². The predicted octanol–water partition coefficient (Wildman–Crippen LogP) is 0.786. The molecule has 1 amide bonds. The molecule has 0 saturated carbocycles. The van der Waals surface area contributed by atoms with Crippen molar-refractivity contribution in [3.63, 3.8) is 0 Å². The maximum absolute atomic E-state index is 12.1. The standard InChI is InChI=1S/C10H16BrNO3/c1-7-4-8(11)5-12(7)10(13)9-6-14-2-3-15-9/h7-9H,2-6H2,1H3. The quantitative estimate of drug-likeness (QED) is 0.666. The van der Waals surface area contributed by atoms with Crippen molar-refractivity contribution < 1.29 is 14.3 Å². The molecule has 15 heavy (non-hydrogen) atoms. The fraction of sp³-hybridized carbons (Fsp3) is 0.900. The third kappa shape index (κ3) is 2.52. The smallest absolute Gasteiger partial charge is 0.254 e. The molecule has 0 spiro atoms. The summed E-state index contributed by atoms with van der Waals surface area (Å²) in [5.41, 5.74) is 0. The zero-order valence-electron chi connectivity index (χ0n) is 8.82. The van der Waals surface area contributed by atoms with Gasteiger partial charge < -0.3 is 14.4 Å². The van der Waals surface area contributed by atoms with Crippen LogP contribution in [0, 0.1) is 0 Å². The lowest BCUT2D eigenvalue weighted by molar-refractivity contribution is -0.158. The van der Waals surface area contributed by atoms with Crippen LogP contribution in [0.5, 0.6) is 0 Å². The summed E-state index contributed by atoms with van der Waals surface area (Å²) in [7, 11) is 0. The van der Waals surface area contributed by atoms with Gasteiger partial charge in [-0.25, -0.2) is 0 Å². The summed E-state index contributed by atoms with van der Waals surface area (Å²) in [6.07, 6.45) is 0.623. The highest BCUT2D eigenvalue weighted by molar-refractivity contribution is 9.09. The largest absolute Gasteiger partial charge is 0.376 e. The van der Waals surface area contributed by atoms with Crippen molar-refractivity contribution in [2.24, 2.45) is 0 Å². The highest BCUT2D eigenvalue weighted by Gasteiger charge is 2.35. The van der Waals surface area contributed by atoms with E-state index >= 15 is 0 Å². The fourth-order valence-corrected chi connectivity index (χ4v) is 2.94. The molecule has 5 heteroatoms. The Morgan fingerprint density at radius 2 is 2.27 bits per heavy atom. The molecule has 2 saturated heterocycles. The van der Waals surface area contributed by atoms with Gasteiger partial charge in [0.2, 0.25) is 0 Å². The van der Waals surface area contributed by atoms with Crippen LogP contribution in [0.4, 0.5) is 0 Å². The normalized spacial score (nSPS) is 36.9. The van der Waals surface area contributed by atoms with Gasteiger partial charge in [-0.3, -0.25) is 4.79 Å². The van der Waals surface area contributed by atoms with E-state index < -0.39 is 0 Å². The monoisotopic (exact) mass is 277 g/mol. The number of rotatable bonds is 1. The maximum atomic E-state index is 12.1. The van der Waals surface area contributed by atoms with Gasteiger partial charge in [0.15, 0.2) is 6.10 Å². The van der Waals surface area contributed by atoms with Gasteiger partial charge in [0.25, 0.3) is 5.91 Å². The molecule has 2 aliphatic heterocycles. The summed E-state index contributed by atoms with van der Waals surface area (Å²) in [5.74, 6) is 0.0733. The first-order chi connectivity index (χ1) is 7.18. The Morgan fingerprint density at radius 3 is 2.80 bits per heavy atom. The Hall–Kier alpha value is -0.130. The second-order valence-corrected chi connectivity index (χ2v) is 5.40. The highest BCUT2D eigenvalue weighted by atomic mass is 79.9. The third-order valence-electron chi connectivity index (χ3n) is 2.90. The van der Waals surface area contributed by atoms with Crippen molar-refractivity contribution in [2.45, 2.75) is 30.3 Å². The van der Waals surface area contributed by atoms with Crippen LogP contribution in [-0.2, 0) is 14.3 Å². The first-order valence-corrected chi connectivity index (χ1v) is 6.24. The van der Waals surface area contributed by atoms with Gasteiger partial charge in [0, 0.05) is 17.4 Å². The van der Waals surface area contributed by atoms with E-state index in [0.717, 1.165) is 13.0 Å². The number of halogens is 1. The number of carbonyl (C=O) groups excluding carboxylic acids is 1. The number of carbonyl (C=O) groups is 1. The summed E-state index contributed by atoms with van der Waals surface area (Å²) in [6, 6.07) is 0.299. The molecule has 0 aromatic rings. The molecule has 0 N–H and O–H groups in total. The zero-order chi connectivity index (χ0) is 10.8. The van der Waals surface area contributed by atoms with E-state index in [1.54, 1.807) is 0 Å². The first-order valence-electron chi connectivity index (χ1n) is 5.32. The molecule has 3 atom stereocenters. The zero-order valence-corrected chi connectivity index (χ0v) is 10.4. The Balaban J connectivity index is 1.94. The summed E-state index contributed by atoms with van der Waals surface area (Å²) in [5, 5.41) is 0. The van der Waals surface area contributed by atoms with E-state index in [4.69, 9.17) is 9.47 Å². The van der Waals surface area contributed by atoms with Crippen LogP contribution >= 0.6 is 15.9 Å². The number of likely N-dealkylation sites (tertiary alicyclic amines) is 1. The molecule has 2 fully saturated rings. The minimum atomic E-state index is -0.390. The Labute approximate surface area is 98.0 Å². The van der Waals surface area contributed by atoms with Crippen molar-refractivity contribution in [2.75, 3.05) is 26.4 Å². The van der Waals surface area contributed by atoms with Crippen molar-refractivity contribution in [3.05, 3.63) is 0 Å². The SMILES string of the molecule is CC1CC(Br)CN1C(=O)C1COCCO1. The topological polar surface area (TPSA) is 38.8 Å². The lowest BCUT2D eigenvalue weighted by atomic mass is 10.2. The van der Waals surface area contributed by atoms with E-state index in [2.05, 4.69) is 22.9 Å². The summed E-state index contributed by atoms with van der Waals surface area (Å²) in [6.45, 7) is 4.37. The Morgan fingerprint density at radius 1 is 1.47 bits per heavy atom. The summed E-state index contributed by atoms with van der Waals surface area (Å²) in [4.78, 5) is 14.4. The molecule has 0 aromatic carbocycles. The van der Waals surface area contributed by atoms with Gasteiger partial charge in [-0.2, -0.15) is 0 Å². The van der Waals surface area contributed by atoms with Gasteiger partial charge in [0.05, 0.1) is 19.8 Å². The maximum Gasteiger partial charge on any atom is 0.254 e. The Bertz CT molecular complexity index is 243. The molecular formula is C10H16BrNO3. The molecule has 2 heterocycles. The second kappa shape index (κ2) is 4.80. The number of ether oxygens (including phenoxy) is 2. The number of amides is 1. The van der Waals surface area contributed by atoms with Gasteiger partial charge >= 0.3 is 0 Å². The van der Waals surface area contributed by atoms with Crippen LogP contribution in [0.2, 0.25) is 0 Å². The summed E-state index contributed by atoms with van der Waals surface area (Å²) < 4.78 is 10.6. The molecule has 0 aliphatic carbocycles. The fourth-order valence-electron chi connectivity index (χ4n) is 2.09. The van der Waals surface area contributed by atoms with Gasteiger partial charge in [-0.15, -0.1) is 0 Å². The molecule has 86 valence electrons. The molecule has 4 nitrogen and oxygen atoms in total. The Kier molecular flexibility index (Phi) is 3.64. The molecule has 0 radical (unpaired) electrons. The third-order valence-corrected chi connectivity index (χ3v) is 3.56. The lowest BCUT2D eigenvalue weighted by Gasteiger charge is -2.29. The van der Waals surface area contributed by atoms with Crippen LogP contribution in [0.25, 0.3) is 0 Å². The van der Waals surface area contributed by atoms with Crippen LogP contribution in [-0.4, -0.2) is 54.1 Å². The van der Waals surface area contributed by atoms with Crippen LogP contribution in [0.1, 0.15) is 13.3 Å². The predicted molar refractivity (Wildman–Crippen MR) is 59.1 cm³/mol. The van der Waals surface area contributed by atoms with Crippen molar-refractivity contribution in [1.29, 1.82) is 0 Å². The van der Waals surface area contributed by atoms with Crippen molar-refractivity contribution >= 4 is 21.8 Å². The highest BCUT2D eigenvalue weighted by Crippen LogP contribution is 2.24. The lowest BCUT2D eigenvalue weighted by Crippen LogP contribution is -2.46. The van der Waals surface area contributed by atoms with Gasteiger partial charge in [0.1, 0.15) is 0 Å². The van der Waals surface area contributed by atoms with Crippen LogP contribution < -0.4 is 0 Å². The van der Waals surface area contributed by atoms with Crippen LogP contribution in [0.3, 0.4) is 0 Å². The first kappa shape index (κ1) is 11.4. The molecular weight excluding hydrogens is 262 g/mol. The molecule has 0 aromatic heterocycles. The van der Waals surface area contributed by atoms with E-state index in [0.29, 0.717) is 30.7 Å². The number of hydrogen-bond acceptors (Lipinski definition) is 3. The van der Waals surface area contributed by atoms with Gasteiger partial charge in [-0.1, -0.05) is 15.9 Å². The average molecular weight is 278 g/mol. The minimum Gasteiger partial charge on any atom is -0.376 e. The molecule has 2 rings (SSSR count). The molecule has 0 bridgehead atoms. The summed E-state index contributed by atoms with van der Waals surface area (Å²) >= 11 is 3.55. The van der Waals surface area contributed by atoms with Gasteiger partial charge in [-0.05, 0) is 13.3 Å². The van der Waals surface area contributed by atoms with E-state index in [1.165, 1.54) is 0 Å². The molecule has 2 aliphatic rings. The minimum absolute atomic E-state index is 0.0733.